The van der Waals surface area contributed by atoms with Crippen LogP contribution in [0, 0.1) is 13.8 Å². The first-order valence-corrected chi connectivity index (χ1v) is 5.15. The van der Waals surface area contributed by atoms with Gasteiger partial charge in [-0.3, -0.25) is 0 Å². The smallest absolute Gasteiger partial charge is 0.165 e. The van der Waals surface area contributed by atoms with E-state index in [4.69, 9.17) is 0 Å². The largest absolute Gasteiger partial charge is 0.504 e. The van der Waals surface area contributed by atoms with Gasteiger partial charge in [-0.1, -0.05) is 18.7 Å². The van der Waals surface area contributed by atoms with Crippen LogP contribution in [0.25, 0.3) is 11.1 Å². The van der Waals surface area contributed by atoms with E-state index in [-0.39, 0.29) is 11.5 Å². The summed E-state index contributed by atoms with van der Waals surface area (Å²) in [4.78, 5) is 0. The Morgan fingerprint density at radius 1 is 0.812 bits per heavy atom. The molecule has 1 rings (SSSR count). The third-order valence-electron chi connectivity index (χ3n) is 2.86. The number of phenolic OH excluding ortho intramolecular Hbond substituents is 2. The van der Waals surface area contributed by atoms with E-state index < -0.39 is 0 Å². The lowest BCUT2D eigenvalue weighted by Crippen LogP contribution is -1.97. The quantitative estimate of drug-likeness (QED) is 0.741. The lowest BCUT2D eigenvalue weighted by atomic mass is 9.89. The second-order valence-corrected chi connectivity index (χ2v) is 4.26. The first-order valence-electron chi connectivity index (χ1n) is 5.15. The third kappa shape index (κ3) is 1.71. The van der Waals surface area contributed by atoms with Gasteiger partial charge in [-0.25, -0.2) is 0 Å². The van der Waals surface area contributed by atoms with Crippen LogP contribution in [-0.4, -0.2) is 10.2 Å². The van der Waals surface area contributed by atoms with Gasteiger partial charge >= 0.3 is 0 Å². The summed E-state index contributed by atoms with van der Waals surface area (Å²) in [5.74, 6) is -0.172. The van der Waals surface area contributed by atoms with Crippen molar-refractivity contribution in [1.82, 2.24) is 0 Å². The molecule has 0 radical (unpaired) electrons. The Hall–Kier alpha value is -1.70. The van der Waals surface area contributed by atoms with Gasteiger partial charge in [-0.05, 0) is 50.0 Å². The molecule has 0 heterocycles. The predicted octanol–water partition coefficient (Wildman–Crippen LogP) is 3.78. The minimum atomic E-state index is -0.103. The number of allylic oxidation sites excluding steroid dienone is 2. The normalized spacial score (nSPS) is 10.2. The molecule has 0 saturated carbocycles. The monoisotopic (exact) mass is 218 g/mol. The molecule has 16 heavy (non-hydrogen) atoms. The molecule has 0 aliphatic heterocycles. The standard InChI is InChI=1S/C14H18O2/c1-7(2)11-9(5)10(6)13(15)14(16)12(11)8(3)4/h15-16H,1,3H2,2,4-6H3. The van der Waals surface area contributed by atoms with E-state index in [1.54, 1.807) is 13.8 Å². The van der Waals surface area contributed by atoms with Crippen LogP contribution >= 0.6 is 0 Å². The predicted molar refractivity (Wildman–Crippen MR) is 68.7 cm³/mol. The Morgan fingerprint density at radius 2 is 1.25 bits per heavy atom. The highest BCUT2D eigenvalue weighted by Crippen LogP contribution is 2.42. The average Bonchev–Trinajstić information content (AvgIpc) is 2.18. The molecule has 2 heteroatoms. The van der Waals surface area contributed by atoms with Gasteiger partial charge in [-0.2, -0.15) is 0 Å². The molecule has 0 atom stereocenters. The average molecular weight is 218 g/mol. The zero-order chi connectivity index (χ0) is 12.6. The van der Waals surface area contributed by atoms with Gasteiger partial charge in [0.1, 0.15) is 0 Å². The SMILES string of the molecule is C=C(C)c1c(C)c(C)c(O)c(O)c1C(=C)C. The van der Waals surface area contributed by atoms with Crippen molar-refractivity contribution in [2.24, 2.45) is 0 Å². The molecule has 0 aliphatic rings. The van der Waals surface area contributed by atoms with E-state index in [9.17, 15) is 10.2 Å². The first kappa shape index (κ1) is 12.4. The summed E-state index contributed by atoms with van der Waals surface area (Å²) in [6.07, 6.45) is 0. The number of benzene rings is 1. The van der Waals surface area contributed by atoms with E-state index in [0.29, 0.717) is 16.7 Å². The van der Waals surface area contributed by atoms with Crippen molar-refractivity contribution in [3.8, 4) is 11.5 Å². The summed E-state index contributed by atoms with van der Waals surface area (Å²) < 4.78 is 0. The molecule has 0 bridgehead atoms. The lowest BCUT2D eigenvalue weighted by Gasteiger charge is -2.18. The molecule has 0 saturated heterocycles. The summed E-state index contributed by atoms with van der Waals surface area (Å²) >= 11 is 0. The second-order valence-electron chi connectivity index (χ2n) is 4.26. The first-order chi connectivity index (χ1) is 7.29. The van der Waals surface area contributed by atoms with Gasteiger partial charge in [0.25, 0.3) is 0 Å². The maximum absolute atomic E-state index is 9.95. The Balaban J connectivity index is 3.83. The van der Waals surface area contributed by atoms with Crippen LogP contribution in [-0.2, 0) is 0 Å². The highest BCUT2D eigenvalue weighted by atomic mass is 16.3. The van der Waals surface area contributed by atoms with Gasteiger partial charge in [0.15, 0.2) is 11.5 Å². The van der Waals surface area contributed by atoms with Crippen LogP contribution in [0.5, 0.6) is 11.5 Å². The molecule has 0 unspecified atom stereocenters. The molecule has 2 nitrogen and oxygen atoms in total. The van der Waals surface area contributed by atoms with Crippen molar-refractivity contribution in [3.05, 3.63) is 35.4 Å². The Bertz CT molecular complexity index is 437. The molecule has 2 N–H and O–H groups in total. The Kier molecular flexibility index (Phi) is 3.13. The second kappa shape index (κ2) is 4.05. The lowest BCUT2D eigenvalue weighted by molar-refractivity contribution is 0.399. The molecule has 1 aromatic carbocycles. The molecule has 86 valence electrons. The maximum Gasteiger partial charge on any atom is 0.165 e. The van der Waals surface area contributed by atoms with Crippen LogP contribution < -0.4 is 0 Å². The Morgan fingerprint density at radius 3 is 1.62 bits per heavy atom. The van der Waals surface area contributed by atoms with Gasteiger partial charge in [-0.15, -0.1) is 0 Å². The van der Waals surface area contributed by atoms with Crippen molar-refractivity contribution >= 4 is 11.1 Å². The van der Waals surface area contributed by atoms with Gasteiger partial charge in [0.2, 0.25) is 0 Å². The molecule has 0 fully saturated rings. The summed E-state index contributed by atoms with van der Waals surface area (Å²) in [5, 5.41) is 19.8. The summed E-state index contributed by atoms with van der Waals surface area (Å²) in [5.41, 5.74) is 4.65. The van der Waals surface area contributed by atoms with Crippen LogP contribution in [0.4, 0.5) is 0 Å². The third-order valence-corrected chi connectivity index (χ3v) is 2.86. The molecular weight excluding hydrogens is 200 g/mol. The van der Waals surface area contributed by atoms with Crippen LogP contribution in [0.15, 0.2) is 13.2 Å². The fourth-order valence-corrected chi connectivity index (χ4v) is 1.92. The van der Waals surface area contributed by atoms with Crippen molar-refractivity contribution in [1.29, 1.82) is 0 Å². The molecule has 0 aliphatic carbocycles. The topological polar surface area (TPSA) is 40.5 Å². The Labute approximate surface area is 96.6 Å². The molecule has 1 aromatic rings. The fourth-order valence-electron chi connectivity index (χ4n) is 1.92. The minimum Gasteiger partial charge on any atom is -0.504 e. The number of phenols is 2. The molecule has 0 aromatic heterocycles. The zero-order valence-electron chi connectivity index (χ0n) is 10.3. The number of rotatable bonds is 2. The summed E-state index contributed by atoms with van der Waals surface area (Å²) in [6, 6.07) is 0. The summed E-state index contributed by atoms with van der Waals surface area (Å²) in [7, 11) is 0. The minimum absolute atomic E-state index is 0.0690. The maximum atomic E-state index is 9.95. The zero-order valence-corrected chi connectivity index (χ0v) is 10.3. The van der Waals surface area contributed by atoms with Crippen LogP contribution in [0.2, 0.25) is 0 Å². The molecule has 0 amide bonds. The van der Waals surface area contributed by atoms with E-state index >= 15 is 0 Å². The van der Waals surface area contributed by atoms with E-state index in [1.165, 1.54) is 0 Å². The van der Waals surface area contributed by atoms with Crippen molar-refractivity contribution in [2.75, 3.05) is 0 Å². The number of aromatic hydroxyl groups is 2. The number of hydrogen-bond acceptors (Lipinski definition) is 2. The van der Waals surface area contributed by atoms with Crippen LogP contribution in [0.3, 0.4) is 0 Å². The van der Waals surface area contributed by atoms with Crippen molar-refractivity contribution < 1.29 is 10.2 Å². The number of hydrogen-bond donors (Lipinski definition) is 2. The van der Waals surface area contributed by atoms with E-state index in [1.807, 2.05) is 13.8 Å². The van der Waals surface area contributed by atoms with E-state index in [0.717, 1.165) is 16.7 Å². The van der Waals surface area contributed by atoms with Gasteiger partial charge in [0.05, 0.1) is 0 Å². The van der Waals surface area contributed by atoms with Crippen LogP contribution in [0.1, 0.15) is 36.1 Å². The fraction of sp³-hybridized carbons (Fsp3) is 0.286. The molecule has 0 spiro atoms. The molecular formula is C14H18O2. The van der Waals surface area contributed by atoms with Gasteiger partial charge in [0, 0.05) is 5.56 Å². The summed E-state index contributed by atoms with van der Waals surface area (Å²) in [6.45, 7) is 15.1. The van der Waals surface area contributed by atoms with Crippen molar-refractivity contribution in [2.45, 2.75) is 27.7 Å². The highest BCUT2D eigenvalue weighted by Gasteiger charge is 2.19. The van der Waals surface area contributed by atoms with Crippen molar-refractivity contribution in [3.63, 3.8) is 0 Å². The highest BCUT2D eigenvalue weighted by molar-refractivity contribution is 5.84. The van der Waals surface area contributed by atoms with E-state index in [2.05, 4.69) is 13.2 Å². The van der Waals surface area contributed by atoms with Gasteiger partial charge < -0.3 is 10.2 Å².